The third-order valence-corrected chi connectivity index (χ3v) is 8.30. The van der Waals surface area contributed by atoms with Gasteiger partial charge >= 0.3 is 0 Å². The second-order valence-corrected chi connectivity index (χ2v) is 10.9. The number of aliphatic hydroxyl groups excluding tert-OH is 1. The van der Waals surface area contributed by atoms with Gasteiger partial charge in [0.25, 0.3) is 0 Å². The number of hydrogen-bond acceptors (Lipinski definition) is 5. The molecule has 0 aromatic rings. The molecule has 5 rings (SSSR count). The molecule has 5 nitrogen and oxygen atoms in total. The highest BCUT2D eigenvalue weighted by Gasteiger charge is 2.64. The molecule has 0 radical (unpaired) electrons. The van der Waals surface area contributed by atoms with Crippen LogP contribution in [0.25, 0.3) is 0 Å². The van der Waals surface area contributed by atoms with E-state index in [2.05, 4.69) is 33.8 Å². The third-order valence-electron chi connectivity index (χ3n) is 8.30. The van der Waals surface area contributed by atoms with Gasteiger partial charge in [-0.3, -0.25) is 4.79 Å². The van der Waals surface area contributed by atoms with Crippen molar-refractivity contribution < 1.29 is 24.1 Å². The second kappa shape index (κ2) is 6.61. The molecule has 5 heteroatoms. The first kappa shape index (κ1) is 20.6. The minimum Gasteiger partial charge on any atom is -0.392 e. The van der Waals surface area contributed by atoms with Gasteiger partial charge in [-0.15, -0.1) is 0 Å². The van der Waals surface area contributed by atoms with Gasteiger partial charge in [-0.25, -0.2) is 0 Å². The Morgan fingerprint density at radius 2 is 1.87 bits per heavy atom. The maximum absolute atomic E-state index is 12.2. The molecule has 1 N–H and O–H groups in total. The molecule has 30 heavy (non-hydrogen) atoms. The lowest BCUT2D eigenvalue weighted by atomic mass is 9.61. The first-order valence-corrected chi connectivity index (χ1v) is 11.3. The Morgan fingerprint density at radius 1 is 1.10 bits per heavy atom. The van der Waals surface area contributed by atoms with E-state index >= 15 is 0 Å². The summed E-state index contributed by atoms with van der Waals surface area (Å²) in [5.74, 6) is -0.730. The Balaban J connectivity index is 1.51. The van der Waals surface area contributed by atoms with Crippen molar-refractivity contribution in [1.82, 2.24) is 0 Å². The number of carbonyl (C=O) groups is 1. The van der Waals surface area contributed by atoms with Crippen molar-refractivity contribution in [2.75, 3.05) is 6.61 Å². The summed E-state index contributed by atoms with van der Waals surface area (Å²) in [7, 11) is 0. The molecule has 164 valence electrons. The number of ether oxygens (including phenoxy) is 3. The number of aliphatic hydroxyl groups is 1. The Labute approximate surface area is 179 Å². The number of ketones is 1. The van der Waals surface area contributed by atoms with Gasteiger partial charge in [0.05, 0.1) is 30.5 Å². The molecule has 2 saturated heterocycles. The van der Waals surface area contributed by atoms with Gasteiger partial charge in [0.15, 0.2) is 5.78 Å². The lowest BCUT2D eigenvalue weighted by Crippen LogP contribution is -2.55. The standard InChI is InChI=1S/C25H34O5/c1-14-8-20(22-23(3,4)21-6-7-24(22,5)30-21)29-25(11-14)12-16(13-26)17-10-18(27)15(2)9-19(17)28-25/h9,11-12,17,19-22,26H,6-8,10,13H2,1-5H3/t17-,19-,20+,21?,22?,24?,25-/m1/s1. The van der Waals surface area contributed by atoms with E-state index in [4.69, 9.17) is 14.2 Å². The largest absolute Gasteiger partial charge is 0.392 e. The molecule has 4 heterocycles. The van der Waals surface area contributed by atoms with Gasteiger partial charge in [-0.05, 0) is 74.8 Å². The second-order valence-electron chi connectivity index (χ2n) is 10.9. The highest BCUT2D eigenvalue weighted by atomic mass is 16.7. The summed E-state index contributed by atoms with van der Waals surface area (Å²) < 4.78 is 19.8. The molecule has 2 fully saturated rings. The molecule has 0 saturated carbocycles. The van der Waals surface area contributed by atoms with Crippen molar-refractivity contribution in [3.05, 3.63) is 34.9 Å². The fourth-order valence-electron chi connectivity index (χ4n) is 6.99. The van der Waals surface area contributed by atoms with E-state index in [1.807, 2.05) is 19.1 Å². The van der Waals surface area contributed by atoms with Crippen LogP contribution in [0.4, 0.5) is 0 Å². The highest BCUT2D eigenvalue weighted by molar-refractivity contribution is 5.96. The van der Waals surface area contributed by atoms with E-state index in [1.165, 1.54) is 5.57 Å². The van der Waals surface area contributed by atoms with Crippen molar-refractivity contribution in [1.29, 1.82) is 0 Å². The van der Waals surface area contributed by atoms with Gasteiger partial charge in [0.2, 0.25) is 5.79 Å². The van der Waals surface area contributed by atoms with Gasteiger partial charge in [0, 0.05) is 18.3 Å². The first-order chi connectivity index (χ1) is 14.1. The van der Waals surface area contributed by atoms with E-state index < -0.39 is 5.79 Å². The van der Waals surface area contributed by atoms with E-state index in [0.29, 0.717) is 6.42 Å². The number of fused-ring (bicyclic) bond motifs is 3. The fourth-order valence-corrected chi connectivity index (χ4v) is 6.99. The molecule has 3 unspecified atom stereocenters. The van der Waals surface area contributed by atoms with Crippen LogP contribution >= 0.6 is 0 Å². The quantitative estimate of drug-likeness (QED) is 0.695. The molecule has 0 aromatic heterocycles. The van der Waals surface area contributed by atoms with Crippen molar-refractivity contribution in [3.63, 3.8) is 0 Å². The summed E-state index contributed by atoms with van der Waals surface area (Å²) in [4.78, 5) is 12.2. The smallest absolute Gasteiger partial charge is 0.209 e. The summed E-state index contributed by atoms with van der Waals surface area (Å²) in [6.45, 7) is 10.7. The molecular weight excluding hydrogens is 380 g/mol. The molecule has 1 aliphatic carbocycles. The van der Waals surface area contributed by atoms with Gasteiger partial charge in [-0.1, -0.05) is 19.4 Å². The van der Waals surface area contributed by atoms with Crippen LogP contribution in [-0.2, 0) is 19.0 Å². The molecule has 0 aromatic carbocycles. The van der Waals surface area contributed by atoms with Crippen LogP contribution in [0.3, 0.4) is 0 Å². The molecular formula is C25H34O5. The fraction of sp³-hybridized carbons (Fsp3) is 0.720. The number of allylic oxidation sites excluding steroid dienone is 1. The SMILES string of the molecule is CC1=C[C@]2(C=C(CO)[C@H]3CC(=O)C(C)=C[C@H]3O2)O[C@H](C2C3(C)CCC(O3)C2(C)C)C1. The van der Waals surface area contributed by atoms with Crippen molar-refractivity contribution in [2.45, 2.75) is 90.0 Å². The predicted octanol–water partition coefficient (Wildman–Crippen LogP) is 3.86. The maximum Gasteiger partial charge on any atom is 0.209 e. The average Bonchev–Trinajstić information content (AvgIpc) is 3.13. The molecule has 1 spiro atoms. The minimum atomic E-state index is -1.00. The molecule has 4 aliphatic heterocycles. The van der Waals surface area contributed by atoms with E-state index in [0.717, 1.165) is 30.4 Å². The van der Waals surface area contributed by atoms with Crippen LogP contribution < -0.4 is 0 Å². The number of hydrogen-bond donors (Lipinski definition) is 1. The van der Waals surface area contributed by atoms with E-state index in [1.54, 1.807) is 0 Å². The molecule has 5 aliphatic rings. The Morgan fingerprint density at radius 3 is 2.53 bits per heavy atom. The summed E-state index contributed by atoms with van der Waals surface area (Å²) in [6.07, 6.45) is 9.28. The van der Waals surface area contributed by atoms with Crippen LogP contribution in [0, 0.1) is 17.3 Å². The summed E-state index contributed by atoms with van der Waals surface area (Å²) in [6, 6.07) is 0. The predicted molar refractivity (Wildman–Crippen MR) is 113 cm³/mol. The number of rotatable bonds is 2. The topological polar surface area (TPSA) is 65.0 Å². The van der Waals surface area contributed by atoms with Gasteiger partial charge in [0.1, 0.15) is 0 Å². The normalized spacial score (nSPS) is 47.1. The van der Waals surface area contributed by atoms with Crippen molar-refractivity contribution in [3.8, 4) is 0 Å². The zero-order chi connectivity index (χ0) is 21.5. The number of Topliss-reactive ketones (excluding diaryl/α,β-unsaturated/α-hetero) is 1. The third kappa shape index (κ3) is 2.93. The van der Waals surface area contributed by atoms with Crippen molar-refractivity contribution >= 4 is 5.78 Å². The maximum atomic E-state index is 12.2. The van der Waals surface area contributed by atoms with Gasteiger partial charge < -0.3 is 19.3 Å². The van der Waals surface area contributed by atoms with Crippen LogP contribution in [-0.4, -0.2) is 47.2 Å². The van der Waals surface area contributed by atoms with Crippen LogP contribution in [0.5, 0.6) is 0 Å². The summed E-state index contributed by atoms with van der Waals surface area (Å²) in [5, 5.41) is 10.1. The van der Waals surface area contributed by atoms with Gasteiger partial charge in [-0.2, -0.15) is 0 Å². The summed E-state index contributed by atoms with van der Waals surface area (Å²) >= 11 is 0. The van der Waals surface area contributed by atoms with Crippen LogP contribution in [0.2, 0.25) is 0 Å². The van der Waals surface area contributed by atoms with Crippen LogP contribution in [0.1, 0.15) is 60.3 Å². The van der Waals surface area contributed by atoms with E-state index in [-0.39, 0.29) is 53.6 Å². The average molecular weight is 415 g/mol. The molecule has 2 bridgehead atoms. The molecule has 0 amide bonds. The Bertz CT molecular complexity index is 862. The Hall–Kier alpha value is -1.27. The number of carbonyl (C=O) groups excluding carboxylic acids is 1. The minimum absolute atomic E-state index is 0.0247. The lowest BCUT2D eigenvalue weighted by molar-refractivity contribution is -0.252. The highest BCUT2D eigenvalue weighted by Crippen LogP contribution is 2.61. The zero-order valence-corrected chi connectivity index (χ0v) is 18.7. The first-order valence-electron chi connectivity index (χ1n) is 11.3. The van der Waals surface area contributed by atoms with E-state index in [9.17, 15) is 9.90 Å². The zero-order valence-electron chi connectivity index (χ0n) is 18.7. The van der Waals surface area contributed by atoms with Crippen molar-refractivity contribution in [2.24, 2.45) is 17.3 Å². The van der Waals surface area contributed by atoms with Crippen LogP contribution in [0.15, 0.2) is 34.9 Å². The monoisotopic (exact) mass is 414 g/mol. The Kier molecular flexibility index (Phi) is 4.55. The molecule has 7 atom stereocenters. The summed E-state index contributed by atoms with van der Waals surface area (Å²) in [5.41, 5.74) is 2.65. The lowest BCUT2D eigenvalue weighted by Gasteiger charge is -2.50.